The van der Waals surface area contributed by atoms with Crippen molar-refractivity contribution in [3.05, 3.63) is 71.5 Å². The highest BCUT2D eigenvalue weighted by Gasteiger charge is 2.24. The first kappa shape index (κ1) is 28.9. The van der Waals surface area contributed by atoms with Gasteiger partial charge in [-0.2, -0.15) is 10.1 Å². The number of likely N-dealkylation sites (tertiary alicyclic amines) is 1. The lowest BCUT2D eigenvalue weighted by Gasteiger charge is -2.26. The van der Waals surface area contributed by atoms with Gasteiger partial charge in [0.05, 0.1) is 6.61 Å². The van der Waals surface area contributed by atoms with Crippen LogP contribution in [0, 0.1) is 0 Å². The van der Waals surface area contributed by atoms with Crippen LogP contribution in [-0.4, -0.2) is 69.1 Å². The molecule has 4 rings (SSSR count). The van der Waals surface area contributed by atoms with E-state index in [4.69, 9.17) is 9.47 Å². The molecule has 1 saturated heterocycles. The summed E-state index contributed by atoms with van der Waals surface area (Å²) in [4.78, 5) is 30.8. The summed E-state index contributed by atoms with van der Waals surface area (Å²) in [5.74, 6) is 0.470. The SMILES string of the molecule is Cn1nc(CC(NC(=O)OCc2ccccc2)C(=O)O)nc1NCCCOc1cccc(CN2CCCCC2)c1. The molecule has 1 atom stereocenters. The van der Waals surface area contributed by atoms with E-state index in [1.165, 1.54) is 24.8 Å². The van der Waals surface area contributed by atoms with Crippen molar-refractivity contribution < 1.29 is 24.2 Å². The van der Waals surface area contributed by atoms with Crippen LogP contribution in [0.1, 0.15) is 42.6 Å². The number of carboxylic acids is 1. The Bertz CT molecular complexity index is 1230. The van der Waals surface area contributed by atoms with Gasteiger partial charge in [-0.3, -0.25) is 4.90 Å². The van der Waals surface area contributed by atoms with E-state index in [0.29, 0.717) is 24.9 Å². The van der Waals surface area contributed by atoms with Gasteiger partial charge in [0.15, 0.2) is 5.82 Å². The maximum atomic E-state index is 12.1. The van der Waals surface area contributed by atoms with E-state index >= 15 is 0 Å². The van der Waals surface area contributed by atoms with Crippen LogP contribution in [0.2, 0.25) is 0 Å². The van der Waals surface area contributed by atoms with Gasteiger partial charge in [0.2, 0.25) is 5.95 Å². The number of alkyl carbamates (subject to hydrolysis) is 1. The second-order valence-corrected chi connectivity index (χ2v) is 9.89. The standard InChI is InChI=1S/C29H38N6O5/c1-34-28(30-14-9-17-39-24-13-8-12-23(18-24)20-35-15-6-3-7-16-35)32-26(33-34)19-25(27(36)37)31-29(38)40-21-22-10-4-2-5-11-22/h2,4-5,8,10-13,18,25H,3,6-7,9,14-17,19-21H2,1H3,(H,31,38)(H,36,37)(H,30,32,33). The Hall–Kier alpha value is -4.12. The molecule has 11 nitrogen and oxygen atoms in total. The van der Waals surface area contributed by atoms with E-state index in [-0.39, 0.29) is 13.0 Å². The molecule has 2 aromatic carbocycles. The number of ether oxygens (including phenoxy) is 2. The monoisotopic (exact) mass is 550 g/mol. The first-order valence-electron chi connectivity index (χ1n) is 13.7. The molecule has 0 radical (unpaired) electrons. The fraction of sp³-hybridized carbons (Fsp3) is 0.448. The number of carbonyl (C=O) groups is 2. The van der Waals surface area contributed by atoms with Gasteiger partial charge in [-0.25, -0.2) is 14.3 Å². The van der Waals surface area contributed by atoms with Crippen LogP contribution in [0.5, 0.6) is 5.75 Å². The number of rotatable bonds is 14. The molecule has 1 aliphatic heterocycles. The van der Waals surface area contributed by atoms with Crippen LogP contribution in [0.15, 0.2) is 54.6 Å². The molecule has 2 heterocycles. The highest BCUT2D eigenvalue weighted by molar-refractivity contribution is 5.80. The Morgan fingerprint density at radius 2 is 1.82 bits per heavy atom. The summed E-state index contributed by atoms with van der Waals surface area (Å²) >= 11 is 0. The van der Waals surface area contributed by atoms with Crippen molar-refractivity contribution in [2.45, 2.75) is 51.3 Å². The van der Waals surface area contributed by atoms with E-state index in [9.17, 15) is 14.7 Å². The number of aryl methyl sites for hydroxylation is 1. The van der Waals surface area contributed by atoms with Crippen LogP contribution >= 0.6 is 0 Å². The lowest BCUT2D eigenvalue weighted by Crippen LogP contribution is -2.42. The fourth-order valence-corrected chi connectivity index (χ4v) is 4.54. The molecule has 3 N–H and O–H groups in total. The number of hydrogen-bond acceptors (Lipinski definition) is 8. The Kier molecular flexibility index (Phi) is 10.7. The van der Waals surface area contributed by atoms with Crippen LogP contribution < -0.4 is 15.4 Å². The van der Waals surface area contributed by atoms with Crippen molar-refractivity contribution in [2.75, 3.05) is 31.6 Å². The summed E-state index contributed by atoms with van der Waals surface area (Å²) in [5, 5.41) is 19.5. The molecule has 1 unspecified atom stereocenters. The Morgan fingerprint density at radius 3 is 2.60 bits per heavy atom. The second kappa shape index (κ2) is 14.9. The maximum absolute atomic E-state index is 12.1. The third kappa shape index (κ3) is 9.26. The predicted molar refractivity (Wildman–Crippen MR) is 150 cm³/mol. The molecule has 214 valence electrons. The van der Waals surface area contributed by atoms with E-state index in [0.717, 1.165) is 37.4 Å². The predicted octanol–water partition coefficient (Wildman–Crippen LogP) is 3.60. The highest BCUT2D eigenvalue weighted by atomic mass is 16.5. The van der Waals surface area contributed by atoms with Crippen LogP contribution in [0.4, 0.5) is 10.7 Å². The minimum absolute atomic E-state index is 0.0443. The van der Waals surface area contributed by atoms with Gasteiger partial charge in [0.25, 0.3) is 0 Å². The third-order valence-electron chi connectivity index (χ3n) is 6.62. The number of nitrogens with zero attached hydrogens (tertiary/aromatic N) is 4. The minimum Gasteiger partial charge on any atom is -0.494 e. The summed E-state index contributed by atoms with van der Waals surface area (Å²) in [7, 11) is 1.72. The van der Waals surface area contributed by atoms with Gasteiger partial charge in [0.1, 0.15) is 18.4 Å². The summed E-state index contributed by atoms with van der Waals surface area (Å²) in [6.07, 6.45) is 3.72. The number of carboxylic acid groups (broad SMARTS) is 1. The molecule has 0 saturated carbocycles. The molecule has 40 heavy (non-hydrogen) atoms. The number of nitrogens with one attached hydrogen (secondary N) is 2. The second-order valence-electron chi connectivity index (χ2n) is 9.89. The summed E-state index contributed by atoms with van der Waals surface area (Å²) < 4.78 is 12.6. The van der Waals surface area contributed by atoms with Crippen molar-refractivity contribution in [3.63, 3.8) is 0 Å². The maximum Gasteiger partial charge on any atom is 0.408 e. The minimum atomic E-state index is -1.22. The number of aromatic nitrogens is 3. The van der Waals surface area contributed by atoms with Gasteiger partial charge < -0.3 is 25.2 Å². The van der Waals surface area contributed by atoms with Gasteiger partial charge in [0, 0.05) is 26.6 Å². The molecular weight excluding hydrogens is 512 g/mol. The molecular formula is C29H38N6O5. The van der Waals surface area contributed by atoms with Crippen molar-refractivity contribution in [2.24, 2.45) is 7.05 Å². The zero-order chi connectivity index (χ0) is 28.2. The van der Waals surface area contributed by atoms with Crippen molar-refractivity contribution in [3.8, 4) is 5.75 Å². The summed E-state index contributed by atoms with van der Waals surface area (Å²) in [5.41, 5.74) is 2.07. The normalized spacial score (nSPS) is 14.3. The van der Waals surface area contributed by atoms with Gasteiger partial charge in [-0.15, -0.1) is 0 Å². The number of piperidine rings is 1. The number of aliphatic carboxylic acids is 1. The topological polar surface area (TPSA) is 131 Å². The molecule has 0 aliphatic carbocycles. The molecule has 11 heteroatoms. The van der Waals surface area contributed by atoms with Gasteiger partial charge in [-0.1, -0.05) is 48.9 Å². The van der Waals surface area contributed by atoms with Crippen LogP contribution in [0.25, 0.3) is 0 Å². The highest BCUT2D eigenvalue weighted by Crippen LogP contribution is 2.18. The molecule has 1 aliphatic rings. The van der Waals surface area contributed by atoms with E-state index < -0.39 is 18.1 Å². The molecule has 3 aromatic rings. The van der Waals surface area contributed by atoms with E-state index in [1.807, 2.05) is 42.5 Å². The number of benzene rings is 2. The van der Waals surface area contributed by atoms with Gasteiger partial charge >= 0.3 is 12.1 Å². The number of amides is 1. The lowest BCUT2D eigenvalue weighted by molar-refractivity contribution is -0.139. The zero-order valence-electron chi connectivity index (χ0n) is 22.9. The largest absolute Gasteiger partial charge is 0.494 e. The average molecular weight is 551 g/mol. The number of anilines is 1. The Labute approximate surface area is 234 Å². The van der Waals surface area contributed by atoms with Gasteiger partial charge in [-0.05, 0) is 55.6 Å². The summed E-state index contributed by atoms with van der Waals surface area (Å²) in [6.45, 7) is 4.47. The first-order valence-corrected chi connectivity index (χ1v) is 13.7. The van der Waals surface area contributed by atoms with E-state index in [1.54, 1.807) is 11.7 Å². The lowest BCUT2D eigenvalue weighted by atomic mass is 10.1. The molecule has 1 fully saturated rings. The van der Waals surface area contributed by atoms with Crippen LogP contribution in [-0.2, 0) is 36.2 Å². The molecule has 1 aromatic heterocycles. The number of carbonyl (C=O) groups excluding carboxylic acids is 1. The van der Waals surface area contributed by atoms with E-state index in [2.05, 4.69) is 37.7 Å². The van der Waals surface area contributed by atoms with Crippen molar-refractivity contribution in [1.29, 1.82) is 0 Å². The third-order valence-corrected chi connectivity index (χ3v) is 6.62. The molecule has 0 bridgehead atoms. The van der Waals surface area contributed by atoms with Crippen LogP contribution in [0.3, 0.4) is 0 Å². The molecule has 0 spiro atoms. The average Bonchev–Trinajstić information content (AvgIpc) is 3.31. The summed E-state index contributed by atoms with van der Waals surface area (Å²) in [6, 6.07) is 16.2. The zero-order valence-corrected chi connectivity index (χ0v) is 22.9. The van der Waals surface area contributed by atoms with Crippen molar-refractivity contribution >= 4 is 18.0 Å². The Balaban J connectivity index is 1.18. The molecule has 1 amide bonds. The van der Waals surface area contributed by atoms with Crippen molar-refractivity contribution in [1.82, 2.24) is 25.0 Å². The smallest absolute Gasteiger partial charge is 0.408 e. The fourth-order valence-electron chi connectivity index (χ4n) is 4.54. The number of hydrogen-bond donors (Lipinski definition) is 3. The quantitative estimate of drug-likeness (QED) is 0.258. The Morgan fingerprint density at radius 1 is 1.05 bits per heavy atom. The first-order chi connectivity index (χ1) is 19.5.